The van der Waals surface area contributed by atoms with E-state index in [9.17, 15) is 18.0 Å². The lowest BCUT2D eigenvalue weighted by Crippen LogP contribution is -2.53. The summed E-state index contributed by atoms with van der Waals surface area (Å²) in [4.78, 5) is 29.9. The predicted molar refractivity (Wildman–Crippen MR) is 186 cm³/mol. The molecule has 0 heterocycles. The van der Waals surface area contributed by atoms with Crippen molar-refractivity contribution < 1.29 is 18.0 Å². The van der Waals surface area contributed by atoms with E-state index in [2.05, 4.69) is 37.2 Å². The lowest BCUT2D eigenvalue weighted by atomic mass is 10.0. The maximum atomic E-state index is 14.5. The minimum atomic E-state index is -4.15. The largest absolute Gasteiger partial charge is 0.354 e. The van der Waals surface area contributed by atoms with Crippen LogP contribution in [0.2, 0.25) is 0 Å². The van der Waals surface area contributed by atoms with Crippen molar-refractivity contribution >= 4 is 59.4 Å². The molecule has 1 N–H and O–H groups in total. The first-order valence-corrected chi connectivity index (χ1v) is 17.8. The van der Waals surface area contributed by atoms with Crippen LogP contribution in [0.4, 0.5) is 5.69 Å². The van der Waals surface area contributed by atoms with E-state index in [4.69, 9.17) is 0 Å². The number of nitrogens with one attached hydrogen (secondary N) is 1. The fraction of sp³-hybridized carbons (Fsp3) is 0.257. The fourth-order valence-electron chi connectivity index (χ4n) is 4.82. The van der Waals surface area contributed by atoms with Gasteiger partial charge in [0.25, 0.3) is 10.0 Å². The van der Waals surface area contributed by atoms with Crippen LogP contribution in [0, 0.1) is 6.92 Å². The average Bonchev–Trinajstić information content (AvgIpc) is 3.03. The number of aryl methyl sites for hydroxylation is 1. The number of carbonyl (C=O) groups excluding carboxylic acids is 2. The van der Waals surface area contributed by atoms with E-state index >= 15 is 0 Å². The number of halogens is 2. The number of amides is 2. The van der Waals surface area contributed by atoms with Gasteiger partial charge in [-0.05, 0) is 73.0 Å². The molecule has 4 rings (SSSR count). The normalized spacial score (nSPS) is 11.9. The Labute approximate surface area is 283 Å². The Morgan fingerprint density at radius 2 is 1.40 bits per heavy atom. The van der Waals surface area contributed by atoms with Crippen molar-refractivity contribution in [1.29, 1.82) is 0 Å². The van der Waals surface area contributed by atoms with Gasteiger partial charge in [-0.3, -0.25) is 13.9 Å². The Kier molecular flexibility index (Phi) is 12.4. The maximum absolute atomic E-state index is 14.5. The summed E-state index contributed by atoms with van der Waals surface area (Å²) in [5.41, 5.74) is 2.95. The molecule has 4 aromatic carbocycles. The number of anilines is 1. The van der Waals surface area contributed by atoms with E-state index < -0.39 is 28.5 Å². The average molecular weight is 756 g/mol. The molecule has 0 spiro atoms. The van der Waals surface area contributed by atoms with Gasteiger partial charge in [0.2, 0.25) is 11.8 Å². The van der Waals surface area contributed by atoms with Gasteiger partial charge in [0.05, 0.1) is 10.6 Å². The highest BCUT2D eigenvalue weighted by Crippen LogP contribution is 2.27. The molecular formula is C35H37Br2N3O4S. The number of benzene rings is 4. The molecule has 4 aromatic rings. The summed E-state index contributed by atoms with van der Waals surface area (Å²) < 4.78 is 31.0. The van der Waals surface area contributed by atoms with Gasteiger partial charge >= 0.3 is 0 Å². The van der Waals surface area contributed by atoms with Crippen molar-refractivity contribution in [3.63, 3.8) is 0 Å². The molecule has 0 fully saturated rings. The molecule has 10 heteroatoms. The van der Waals surface area contributed by atoms with Gasteiger partial charge in [-0.15, -0.1) is 0 Å². The molecule has 0 aliphatic carbocycles. The predicted octanol–water partition coefficient (Wildman–Crippen LogP) is 7.27. The molecule has 2 amide bonds. The number of sulfonamides is 1. The van der Waals surface area contributed by atoms with Gasteiger partial charge in [0.15, 0.2) is 0 Å². The quantitative estimate of drug-likeness (QED) is 0.137. The van der Waals surface area contributed by atoms with Crippen LogP contribution >= 0.6 is 31.9 Å². The molecule has 1 atom stereocenters. The number of hydrogen-bond donors (Lipinski definition) is 1. The van der Waals surface area contributed by atoms with Gasteiger partial charge in [-0.25, -0.2) is 8.42 Å². The Bertz CT molecular complexity index is 1670. The first-order valence-electron chi connectivity index (χ1n) is 14.8. The summed E-state index contributed by atoms with van der Waals surface area (Å²) in [5.74, 6) is -0.780. The van der Waals surface area contributed by atoms with Crippen molar-refractivity contribution in [2.75, 3.05) is 17.4 Å². The number of hydrogen-bond acceptors (Lipinski definition) is 4. The van der Waals surface area contributed by atoms with Crippen LogP contribution in [-0.2, 0) is 32.6 Å². The van der Waals surface area contributed by atoms with Crippen LogP contribution in [-0.4, -0.2) is 44.3 Å². The van der Waals surface area contributed by atoms with E-state index in [1.165, 1.54) is 4.90 Å². The number of unbranched alkanes of at least 4 members (excludes halogenated alkanes) is 1. The third-order valence-electron chi connectivity index (χ3n) is 7.37. The van der Waals surface area contributed by atoms with Crippen molar-refractivity contribution in [2.24, 2.45) is 0 Å². The molecule has 0 aromatic heterocycles. The lowest BCUT2D eigenvalue weighted by Gasteiger charge is -2.34. The highest BCUT2D eigenvalue weighted by Gasteiger charge is 2.34. The molecule has 0 radical (unpaired) electrons. The molecular weight excluding hydrogens is 718 g/mol. The third kappa shape index (κ3) is 9.51. The van der Waals surface area contributed by atoms with E-state index in [0.717, 1.165) is 42.8 Å². The molecule has 7 nitrogen and oxygen atoms in total. The summed E-state index contributed by atoms with van der Waals surface area (Å²) in [7, 11) is -4.15. The van der Waals surface area contributed by atoms with Crippen LogP contribution in [0.3, 0.4) is 0 Å². The smallest absolute Gasteiger partial charge is 0.264 e. The molecule has 0 aliphatic heterocycles. The summed E-state index contributed by atoms with van der Waals surface area (Å²) >= 11 is 6.88. The zero-order chi connectivity index (χ0) is 32.4. The highest BCUT2D eigenvalue weighted by atomic mass is 79.9. The molecule has 0 saturated carbocycles. The van der Waals surface area contributed by atoms with E-state index in [0.29, 0.717) is 12.2 Å². The van der Waals surface area contributed by atoms with Crippen molar-refractivity contribution in [2.45, 2.75) is 50.6 Å². The zero-order valence-electron chi connectivity index (χ0n) is 25.3. The highest BCUT2D eigenvalue weighted by molar-refractivity contribution is 9.10. The second-order valence-corrected chi connectivity index (χ2v) is 14.5. The van der Waals surface area contributed by atoms with Crippen molar-refractivity contribution in [3.8, 4) is 0 Å². The van der Waals surface area contributed by atoms with Gasteiger partial charge < -0.3 is 10.2 Å². The SMILES string of the molecule is CCCCNC(=O)C(Cc1ccccc1)N(Cc1ccc(Br)cc1)C(=O)CN(c1ccc(Br)cc1)S(=O)(=O)c1ccc(C)cc1. The zero-order valence-corrected chi connectivity index (χ0v) is 29.3. The van der Waals surface area contributed by atoms with Crippen LogP contribution in [0.1, 0.15) is 36.5 Å². The third-order valence-corrected chi connectivity index (χ3v) is 10.2. The van der Waals surface area contributed by atoms with E-state index in [-0.39, 0.29) is 23.8 Å². The molecule has 0 bridgehead atoms. The van der Waals surface area contributed by atoms with Crippen LogP contribution < -0.4 is 9.62 Å². The monoisotopic (exact) mass is 753 g/mol. The first kappa shape index (κ1) is 34.4. The van der Waals surface area contributed by atoms with Gasteiger partial charge in [-0.2, -0.15) is 0 Å². The molecule has 236 valence electrons. The lowest BCUT2D eigenvalue weighted by molar-refractivity contribution is -0.140. The number of carbonyl (C=O) groups is 2. The van der Waals surface area contributed by atoms with Gasteiger partial charge in [0.1, 0.15) is 12.6 Å². The van der Waals surface area contributed by atoms with Crippen molar-refractivity contribution in [3.05, 3.63) is 129 Å². The van der Waals surface area contributed by atoms with Crippen molar-refractivity contribution in [1.82, 2.24) is 10.2 Å². The first-order chi connectivity index (χ1) is 21.6. The minimum absolute atomic E-state index is 0.0708. The summed E-state index contributed by atoms with van der Waals surface area (Å²) in [6, 6.07) is 29.5. The fourth-order valence-corrected chi connectivity index (χ4v) is 6.76. The molecule has 1 unspecified atom stereocenters. The van der Waals surface area contributed by atoms with E-state index in [1.54, 1.807) is 48.5 Å². The van der Waals surface area contributed by atoms with Crippen LogP contribution in [0.5, 0.6) is 0 Å². The Balaban J connectivity index is 1.78. The van der Waals surface area contributed by atoms with Crippen LogP contribution in [0.25, 0.3) is 0 Å². The molecule has 45 heavy (non-hydrogen) atoms. The summed E-state index contributed by atoms with van der Waals surface area (Å²) in [6.07, 6.45) is 1.98. The van der Waals surface area contributed by atoms with Gasteiger partial charge in [0, 0.05) is 28.5 Å². The maximum Gasteiger partial charge on any atom is 0.264 e. The topological polar surface area (TPSA) is 86.8 Å². The second-order valence-electron chi connectivity index (χ2n) is 10.8. The Morgan fingerprint density at radius 3 is 2.00 bits per heavy atom. The van der Waals surface area contributed by atoms with Gasteiger partial charge in [-0.1, -0.05) is 105 Å². The standard InChI is InChI=1S/C35H37Br2N3O4S/c1-3-4-22-38-35(42)33(23-27-8-6-5-7-9-27)39(24-28-12-14-29(36)15-13-28)34(41)25-40(31-18-16-30(37)17-19-31)45(43,44)32-20-10-26(2)11-21-32/h5-21,33H,3-4,22-25H2,1-2H3,(H,38,42). The Morgan fingerprint density at radius 1 is 0.800 bits per heavy atom. The second kappa shape index (κ2) is 16.2. The number of rotatable bonds is 14. The Hall–Kier alpha value is -3.47. The molecule has 0 aliphatic rings. The van der Waals surface area contributed by atoms with E-state index in [1.807, 2.05) is 68.4 Å². The minimum Gasteiger partial charge on any atom is -0.354 e. The number of nitrogens with zero attached hydrogens (tertiary/aromatic N) is 2. The van der Waals surface area contributed by atoms with Crippen LogP contribution in [0.15, 0.2) is 117 Å². The summed E-state index contributed by atoms with van der Waals surface area (Å²) in [5, 5.41) is 3.01. The summed E-state index contributed by atoms with van der Waals surface area (Å²) in [6.45, 7) is 4.02. The molecule has 0 saturated heterocycles.